The molecule has 0 aliphatic carbocycles. The fourth-order valence-corrected chi connectivity index (χ4v) is 7.34. The molecule has 2 aromatic carbocycles. The van der Waals surface area contributed by atoms with Gasteiger partial charge in [-0.25, -0.2) is 36.9 Å². The van der Waals surface area contributed by atoms with Crippen LogP contribution in [-0.4, -0.2) is 77.9 Å². The van der Waals surface area contributed by atoms with Crippen LogP contribution in [0, 0.1) is 6.92 Å². The molecule has 0 aliphatic rings. The van der Waals surface area contributed by atoms with E-state index in [4.69, 9.17) is 18.9 Å². The van der Waals surface area contributed by atoms with E-state index in [1.807, 2.05) is 25.1 Å². The molecule has 61 heavy (non-hydrogen) atoms. The Morgan fingerprint density at radius 3 is 2.25 bits per heavy atom. The van der Waals surface area contributed by atoms with Crippen molar-refractivity contribution in [1.82, 2.24) is 28.8 Å². The van der Waals surface area contributed by atoms with Gasteiger partial charge in [0.15, 0.2) is 6.10 Å². The number of aryl methyl sites for hydroxylation is 2. The lowest BCUT2D eigenvalue weighted by atomic mass is 10.1. The highest BCUT2D eigenvalue weighted by molar-refractivity contribution is 7.90. The van der Waals surface area contributed by atoms with Gasteiger partial charge in [-0.3, -0.25) is 14.7 Å². The largest absolute Gasteiger partial charge is 0.489 e. The van der Waals surface area contributed by atoms with Crippen LogP contribution in [0.25, 0.3) is 5.69 Å². The normalized spacial score (nSPS) is 11.6. The second kappa shape index (κ2) is 20.0. The third-order valence-corrected chi connectivity index (χ3v) is 10.5. The molecule has 0 fully saturated rings. The average Bonchev–Trinajstić information content (AvgIpc) is 3.72. The van der Waals surface area contributed by atoms with Crippen LogP contribution in [0.2, 0.25) is 0 Å². The summed E-state index contributed by atoms with van der Waals surface area (Å²) in [7, 11) is 0.363. The molecule has 0 spiro atoms. The number of esters is 2. The Morgan fingerprint density at radius 2 is 1.64 bits per heavy atom. The van der Waals surface area contributed by atoms with Crippen LogP contribution in [0.15, 0.2) is 74.5 Å². The van der Waals surface area contributed by atoms with Crippen molar-refractivity contribution in [3.05, 3.63) is 108 Å². The molecule has 0 bridgehead atoms. The van der Waals surface area contributed by atoms with Crippen molar-refractivity contribution in [3.8, 4) is 23.2 Å². The Morgan fingerprint density at radius 1 is 0.951 bits per heavy atom. The van der Waals surface area contributed by atoms with Crippen molar-refractivity contribution in [2.45, 2.75) is 51.0 Å². The Balaban J connectivity index is 0.000000287. The van der Waals surface area contributed by atoms with Crippen molar-refractivity contribution in [1.29, 1.82) is 0 Å². The number of benzene rings is 2. The highest BCUT2D eigenvalue weighted by Crippen LogP contribution is 2.28. The van der Waals surface area contributed by atoms with Crippen molar-refractivity contribution < 1.29 is 59.7 Å². The standard InChI is InChI=1S/C25H25F3N2O6.C12H13N5O6S2/c1-5-16-6-7-17(20(12-16)36-15(2)23(32)34-4)14-35-19-10-8-18(9-11-19)30-22(31)13-21(25(26,27)28)29(3)24(30)33;1-6-13-10(16-12(14-6)23-3)15-11(19)17-25(20,21)7-4-5-24-8(7)9(18)22-2/h6-13,15H,5,14H2,1-4H3;4-5H,1-3H3,(H2,13,14,15,16,17,19). The first kappa shape index (κ1) is 46.9. The van der Waals surface area contributed by atoms with E-state index in [-0.39, 0.29) is 39.9 Å². The van der Waals surface area contributed by atoms with Gasteiger partial charge in [0.05, 0.1) is 27.0 Å². The van der Waals surface area contributed by atoms with Gasteiger partial charge in [-0.15, -0.1) is 11.3 Å². The molecule has 24 heteroatoms. The molecule has 19 nitrogen and oxygen atoms in total. The highest BCUT2D eigenvalue weighted by Gasteiger charge is 2.35. The van der Waals surface area contributed by atoms with Gasteiger partial charge in [0.1, 0.15) is 39.4 Å². The molecule has 1 unspecified atom stereocenters. The lowest BCUT2D eigenvalue weighted by molar-refractivity contribution is -0.148. The second-order valence-electron chi connectivity index (χ2n) is 12.3. The third kappa shape index (κ3) is 11.9. The maximum Gasteiger partial charge on any atom is 0.431 e. The number of methoxy groups -OCH3 is 3. The van der Waals surface area contributed by atoms with E-state index >= 15 is 0 Å². The minimum absolute atomic E-state index is 0.0449. The van der Waals surface area contributed by atoms with Crippen molar-refractivity contribution >= 4 is 45.3 Å². The molecule has 0 aliphatic heterocycles. The molecule has 3 heterocycles. The Bertz CT molecular complexity index is 2630. The molecule has 0 saturated heterocycles. The summed E-state index contributed by atoms with van der Waals surface area (Å²) in [6, 6.07) is 11.7. The number of amides is 2. The van der Waals surface area contributed by atoms with E-state index in [1.54, 1.807) is 11.6 Å². The number of sulfonamides is 1. The monoisotopic (exact) mass is 893 g/mol. The summed E-state index contributed by atoms with van der Waals surface area (Å²) >= 11 is 0.872. The fourth-order valence-electron chi connectivity index (χ4n) is 5.10. The van der Waals surface area contributed by atoms with Crippen LogP contribution in [0.5, 0.6) is 17.5 Å². The number of hydrogen-bond acceptors (Lipinski definition) is 16. The summed E-state index contributed by atoms with van der Waals surface area (Å²) in [5, 5.41) is 3.54. The predicted octanol–water partition coefficient (Wildman–Crippen LogP) is 4.18. The van der Waals surface area contributed by atoms with Gasteiger partial charge in [-0.2, -0.15) is 28.1 Å². The number of anilines is 1. The van der Waals surface area contributed by atoms with Crippen LogP contribution in [0.4, 0.5) is 23.9 Å². The minimum Gasteiger partial charge on any atom is -0.489 e. The minimum atomic E-state index is -4.84. The summed E-state index contributed by atoms with van der Waals surface area (Å²) in [6.07, 6.45) is -4.91. The number of hydrogen-bond donors (Lipinski definition) is 2. The lowest BCUT2D eigenvalue weighted by Gasteiger charge is -2.17. The average molecular weight is 894 g/mol. The molecule has 0 radical (unpaired) electrons. The number of carbonyl (C=O) groups is 3. The number of rotatable bonds is 13. The number of thiophene rings is 1. The van der Waals surface area contributed by atoms with Crippen molar-refractivity contribution in [2.75, 3.05) is 26.6 Å². The van der Waals surface area contributed by atoms with Crippen LogP contribution in [0.1, 0.15) is 46.2 Å². The number of halogens is 3. The third-order valence-electron chi connectivity index (χ3n) is 8.13. The number of urea groups is 1. The highest BCUT2D eigenvalue weighted by atomic mass is 32.2. The summed E-state index contributed by atoms with van der Waals surface area (Å²) in [6.45, 7) is 5.17. The van der Waals surface area contributed by atoms with E-state index in [2.05, 4.69) is 25.0 Å². The van der Waals surface area contributed by atoms with E-state index in [1.165, 1.54) is 56.9 Å². The predicted molar refractivity (Wildman–Crippen MR) is 211 cm³/mol. The molecular formula is C37H38F3N7O12S2. The topological polar surface area (TPSA) is 238 Å². The van der Waals surface area contributed by atoms with Crippen molar-refractivity contribution in [2.24, 2.45) is 7.05 Å². The maximum atomic E-state index is 13.1. The van der Waals surface area contributed by atoms with Crippen LogP contribution in [-0.2, 0) is 50.5 Å². The SMILES string of the molecule is CCc1ccc(COc2ccc(-n3c(=O)cc(C(F)(F)F)n(C)c3=O)cc2)c(OC(C)C(=O)OC)c1.COC(=O)c1sccc1S(=O)(=O)NC(=O)Nc1nc(C)nc(OC)n1. The molecule has 2 amide bonds. The smallest absolute Gasteiger partial charge is 0.431 e. The van der Waals surface area contributed by atoms with Crippen molar-refractivity contribution in [3.63, 3.8) is 0 Å². The first-order valence-electron chi connectivity index (χ1n) is 17.5. The van der Waals surface area contributed by atoms with Gasteiger partial charge in [-0.1, -0.05) is 19.1 Å². The molecular weight excluding hydrogens is 856 g/mol. The van der Waals surface area contributed by atoms with Gasteiger partial charge in [-0.05, 0) is 67.6 Å². The van der Waals surface area contributed by atoms with Crippen LogP contribution in [0.3, 0.4) is 0 Å². The summed E-state index contributed by atoms with van der Waals surface area (Å²) in [4.78, 5) is 70.9. The summed E-state index contributed by atoms with van der Waals surface area (Å²) in [5.41, 5.74) is -1.80. The number of nitrogens with zero attached hydrogens (tertiary/aromatic N) is 5. The van der Waals surface area contributed by atoms with Crippen LogP contribution < -0.4 is 35.5 Å². The van der Waals surface area contributed by atoms with Gasteiger partial charge >= 0.3 is 35.8 Å². The molecule has 326 valence electrons. The molecule has 2 N–H and O–H groups in total. The Kier molecular flexibility index (Phi) is 15.3. The zero-order chi connectivity index (χ0) is 45.2. The fraction of sp³-hybridized carbons (Fsp3) is 0.297. The second-order valence-corrected chi connectivity index (χ2v) is 14.8. The molecule has 1 atom stereocenters. The molecule has 0 saturated carbocycles. The first-order valence-corrected chi connectivity index (χ1v) is 19.8. The Labute approximate surface area is 349 Å². The zero-order valence-corrected chi connectivity index (χ0v) is 35.0. The quantitative estimate of drug-likeness (QED) is 0.158. The maximum absolute atomic E-state index is 13.1. The van der Waals surface area contributed by atoms with E-state index in [9.17, 15) is 45.6 Å². The zero-order valence-electron chi connectivity index (χ0n) is 33.4. The Hall–Kier alpha value is -6.82. The molecule has 3 aromatic heterocycles. The van der Waals surface area contributed by atoms with E-state index in [0.29, 0.717) is 32.3 Å². The first-order chi connectivity index (χ1) is 28.7. The summed E-state index contributed by atoms with van der Waals surface area (Å²) in [5.74, 6) is -0.449. The lowest BCUT2D eigenvalue weighted by Crippen LogP contribution is -2.40. The van der Waals surface area contributed by atoms with E-state index in [0.717, 1.165) is 37.5 Å². The summed E-state index contributed by atoms with van der Waals surface area (Å²) < 4.78 is 92.1. The van der Waals surface area contributed by atoms with E-state index < -0.39 is 57.2 Å². The van der Waals surface area contributed by atoms with Gasteiger partial charge in [0.2, 0.25) is 5.95 Å². The van der Waals surface area contributed by atoms with Gasteiger partial charge < -0.3 is 23.7 Å². The van der Waals surface area contributed by atoms with Crippen LogP contribution >= 0.6 is 11.3 Å². The molecule has 5 aromatic rings. The number of ether oxygens (including phenoxy) is 5. The number of aromatic nitrogens is 5. The number of alkyl halides is 3. The van der Waals surface area contributed by atoms with Gasteiger partial charge in [0, 0.05) is 18.7 Å². The number of nitrogens with one attached hydrogen (secondary N) is 2. The number of carbonyl (C=O) groups excluding carboxylic acids is 3. The van der Waals surface area contributed by atoms with Gasteiger partial charge in [0.25, 0.3) is 15.6 Å². The molecule has 5 rings (SSSR count).